The third kappa shape index (κ3) is 4.40. The minimum atomic E-state index is 0.697. The molecular formula is C11H24N2O. The van der Waals surface area contributed by atoms with Gasteiger partial charge in [0.15, 0.2) is 0 Å². The highest BCUT2D eigenvalue weighted by atomic mass is 16.5. The van der Waals surface area contributed by atoms with Crippen LogP contribution in [0.1, 0.15) is 19.3 Å². The van der Waals surface area contributed by atoms with Gasteiger partial charge in [-0.25, -0.2) is 0 Å². The molecule has 0 bridgehead atoms. The molecule has 1 rings (SSSR count). The standard InChI is InChI=1S/C11H24N2O/c1-12-11(10-5-6-10)9-13(2)7-4-8-14-3/h10-12H,4-9H2,1-3H3. The van der Waals surface area contributed by atoms with E-state index >= 15 is 0 Å². The van der Waals surface area contributed by atoms with Crippen LogP contribution in [-0.4, -0.2) is 51.8 Å². The van der Waals surface area contributed by atoms with Crippen LogP contribution in [0.2, 0.25) is 0 Å². The molecule has 0 aromatic rings. The summed E-state index contributed by atoms with van der Waals surface area (Å²) in [5.74, 6) is 0.935. The first-order valence-corrected chi connectivity index (χ1v) is 5.62. The zero-order valence-corrected chi connectivity index (χ0v) is 9.75. The van der Waals surface area contributed by atoms with Gasteiger partial charge in [0.2, 0.25) is 0 Å². The number of hydrogen-bond acceptors (Lipinski definition) is 3. The topological polar surface area (TPSA) is 24.5 Å². The van der Waals surface area contributed by atoms with Crippen LogP contribution in [0.3, 0.4) is 0 Å². The second-order valence-corrected chi connectivity index (χ2v) is 4.34. The maximum atomic E-state index is 5.04. The van der Waals surface area contributed by atoms with Crippen LogP contribution < -0.4 is 5.32 Å². The summed E-state index contributed by atoms with van der Waals surface area (Å²) < 4.78 is 5.04. The third-order valence-electron chi connectivity index (χ3n) is 2.96. The fraction of sp³-hybridized carbons (Fsp3) is 1.00. The molecule has 0 amide bonds. The van der Waals surface area contributed by atoms with E-state index in [1.807, 2.05) is 0 Å². The van der Waals surface area contributed by atoms with Crippen molar-refractivity contribution in [2.75, 3.05) is 40.9 Å². The lowest BCUT2D eigenvalue weighted by Gasteiger charge is -2.23. The van der Waals surface area contributed by atoms with Crippen molar-refractivity contribution < 1.29 is 4.74 Å². The molecule has 3 nitrogen and oxygen atoms in total. The van der Waals surface area contributed by atoms with Crippen molar-refractivity contribution in [1.29, 1.82) is 0 Å². The van der Waals surface area contributed by atoms with Crippen LogP contribution in [0, 0.1) is 5.92 Å². The molecule has 84 valence electrons. The van der Waals surface area contributed by atoms with E-state index in [0.29, 0.717) is 6.04 Å². The fourth-order valence-electron chi connectivity index (χ4n) is 1.88. The summed E-state index contributed by atoms with van der Waals surface area (Å²) in [6.07, 6.45) is 3.96. The van der Waals surface area contributed by atoms with Crippen molar-refractivity contribution in [1.82, 2.24) is 10.2 Å². The Morgan fingerprint density at radius 3 is 2.71 bits per heavy atom. The lowest BCUT2D eigenvalue weighted by Crippen LogP contribution is -2.39. The van der Waals surface area contributed by atoms with Gasteiger partial charge < -0.3 is 15.0 Å². The molecule has 0 spiro atoms. The van der Waals surface area contributed by atoms with Gasteiger partial charge in [0, 0.05) is 32.8 Å². The van der Waals surface area contributed by atoms with Gasteiger partial charge in [-0.3, -0.25) is 0 Å². The summed E-state index contributed by atoms with van der Waals surface area (Å²) in [7, 11) is 6.04. The number of ether oxygens (including phenoxy) is 1. The second-order valence-electron chi connectivity index (χ2n) is 4.34. The molecule has 14 heavy (non-hydrogen) atoms. The molecule has 1 aliphatic carbocycles. The Bertz CT molecular complexity index is 148. The van der Waals surface area contributed by atoms with Crippen molar-refractivity contribution in [3.05, 3.63) is 0 Å². The van der Waals surface area contributed by atoms with Crippen molar-refractivity contribution in [2.45, 2.75) is 25.3 Å². The monoisotopic (exact) mass is 200 g/mol. The highest BCUT2D eigenvalue weighted by molar-refractivity contribution is 4.87. The molecule has 1 saturated carbocycles. The summed E-state index contributed by atoms with van der Waals surface area (Å²) in [6, 6.07) is 0.697. The molecule has 1 atom stereocenters. The Morgan fingerprint density at radius 2 is 2.21 bits per heavy atom. The molecule has 1 unspecified atom stereocenters. The highest BCUT2D eigenvalue weighted by Gasteiger charge is 2.30. The Hall–Kier alpha value is -0.120. The number of likely N-dealkylation sites (N-methyl/N-ethyl adjacent to an activating group) is 2. The van der Waals surface area contributed by atoms with E-state index in [1.165, 1.54) is 19.4 Å². The SMILES string of the molecule is CNC(CN(C)CCCOC)C1CC1. The summed E-state index contributed by atoms with van der Waals surface area (Å²) >= 11 is 0. The molecule has 0 radical (unpaired) electrons. The van der Waals surface area contributed by atoms with E-state index < -0.39 is 0 Å². The maximum absolute atomic E-state index is 5.04. The van der Waals surface area contributed by atoms with Crippen LogP contribution in [0.5, 0.6) is 0 Å². The zero-order valence-electron chi connectivity index (χ0n) is 9.75. The third-order valence-corrected chi connectivity index (χ3v) is 2.96. The lowest BCUT2D eigenvalue weighted by atomic mass is 10.2. The zero-order chi connectivity index (χ0) is 10.4. The highest BCUT2D eigenvalue weighted by Crippen LogP contribution is 2.32. The van der Waals surface area contributed by atoms with E-state index in [0.717, 1.165) is 25.5 Å². The Morgan fingerprint density at radius 1 is 1.50 bits per heavy atom. The summed E-state index contributed by atoms with van der Waals surface area (Å²) in [5, 5.41) is 3.41. The van der Waals surface area contributed by atoms with Gasteiger partial charge >= 0.3 is 0 Å². The molecule has 0 aromatic heterocycles. The van der Waals surface area contributed by atoms with Gasteiger partial charge in [-0.1, -0.05) is 0 Å². The van der Waals surface area contributed by atoms with Crippen molar-refractivity contribution in [3.63, 3.8) is 0 Å². The number of nitrogens with zero attached hydrogens (tertiary/aromatic N) is 1. The molecule has 3 heteroatoms. The smallest absolute Gasteiger partial charge is 0.0474 e. The van der Waals surface area contributed by atoms with Gasteiger partial charge in [-0.15, -0.1) is 0 Å². The van der Waals surface area contributed by atoms with Crippen LogP contribution in [-0.2, 0) is 4.74 Å². The number of hydrogen-bond donors (Lipinski definition) is 1. The van der Waals surface area contributed by atoms with Crippen molar-refractivity contribution >= 4 is 0 Å². The Balaban J connectivity index is 2.07. The van der Waals surface area contributed by atoms with Gasteiger partial charge in [-0.05, 0) is 39.3 Å². The largest absolute Gasteiger partial charge is 0.385 e. The summed E-state index contributed by atoms with van der Waals surface area (Å²) in [4.78, 5) is 2.40. The predicted octanol–water partition coefficient (Wildman–Crippen LogP) is 0.953. The van der Waals surface area contributed by atoms with Crippen molar-refractivity contribution in [2.24, 2.45) is 5.92 Å². The molecule has 0 aromatic carbocycles. The average molecular weight is 200 g/mol. The minimum Gasteiger partial charge on any atom is -0.385 e. The molecule has 1 N–H and O–H groups in total. The van der Waals surface area contributed by atoms with Gasteiger partial charge in [0.05, 0.1) is 0 Å². The van der Waals surface area contributed by atoms with Gasteiger partial charge in [0.1, 0.15) is 0 Å². The quantitative estimate of drug-likeness (QED) is 0.591. The fourth-order valence-corrected chi connectivity index (χ4v) is 1.88. The van der Waals surface area contributed by atoms with E-state index in [-0.39, 0.29) is 0 Å². The van der Waals surface area contributed by atoms with Crippen LogP contribution in [0.4, 0.5) is 0 Å². The first-order valence-electron chi connectivity index (χ1n) is 5.62. The molecule has 0 saturated heterocycles. The first-order chi connectivity index (χ1) is 6.77. The number of rotatable bonds is 8. The predicted molar refractivity (Wildman–Crippen MR) is 59.6 cm³/mol. The van der Waals surface area contributed by atoms with Crippen molar-refractivity contribution in [3.8, 4) is 0 Å². The molecule has 1 fully saturated rings. The maximum Gasteiger partial charge on any atom is 0.0474 e. The van der Waals surface area contributed by atoms with Crippen LogP contribution in [0.25, 0.3) is 0 Å². The first kappa shape index (κ1) is 12.0. The summed E-state index contributed by atoms with van der Waals surface area (Å²) in [6.45, 7) is 3.18. The van der Waals surface area contributed by atoms with Gasteiger partial charge in [0.25, 0.3) is 0 Å². The summed E-state index contributed by atoms with van der Waals surface area (Å²) in [5.41, 5.74) is 0. The average Bonchev–Trinajstić information content (AvgIpc) is 2.98. The number of methoxy groups -OCH3 is 1. The molecular weight excluding hydrogens is 176 g/mol. The van der Waals surface area contributed by atoms with Crippen LogP contribution >= 0.6 is 0 Å². The Labute approximate surface area is 87.8 Å². The minimum absolute atomic E-state index is 0.697. The second kappa shape index (κ2) is 6.38. The normalized spacial score (nSPS) is 18.9. The lowest BCUT2D eigenvalue weighted by molar-refractivity contribution is 0.175. The van der Waals surface area contributed by atoms with E-state index in [9.17, 15) is 0 Å². The molecule has 0 heterocycles. The van der Waals surface area contributed by atoms with Gasteiger partial charge in [-0.2, -0.15) is 0 Å². The molecule has 1 aliphatic rings. The van der Waals surface area contributed by atoms with E-state index in [1.54, 1.807) is 7.11 Å². The van der Waals surface area contributed by atoms with E-state index in [4.69, 9.17) is 4.74 Å². The van der Waals surface area contributed by atoms with E-state index in [2.05, 4.69) is 24.3 Å². The van der Waals surface area contributed by atoms with Crippen LogP contribution in [0.15, 0.2) is 0 Å². The molecule has 0 aliphatic heterocycles. The Kier molecular flexibility index (Phi) is 5.45. The number of nitrogens with one attached hydrogen (secondary N) is 1.